The zero-order valence-electron chi connectivity index (χ0n) is 17.6. The van der Waals surface area contributed by atoms with Crippen LogP contribution in [0.5, 0.6) is 0 Å². The number of carbonyl (C=O) groups excluding carboxylic acids is 1. The van der Waals surface area contributed by atoms with Crippen LogP contribution in [0, 0.1) is 0 Å². The number of para-hydroxylation sites is 2. The Bertz CT molecular complexity index is 830. The Morgan fingerprint density at radius 3 is 2.48 bits per heavy atom. The Hall–Kier alpha value is -2.41. The molecule has 1 heterocycles. The molecular weight excluding hydrogens is 364 g/mol. The molecule has 1 atom stereocenters. The summed E-state index contributed by atoms with van der Waals surface area (Å²) in [6.45, 7) is 10.3. The molecule has 3 rings (SSSR count). The molecule has 4 N–H and O–H groups in total. The quantitative estimate of drug-likeness (QED) is 0.654. The molecule has 6 nitrogen and oxygen atoms in total. The van der Waals surface area contributed by atoms with E-state index >= 15 is 0 Å². The summed E-state index contributed by atoms with van der Waals surface area (Å²) in [6.07, 6.45) is 0. The van der Waals surface area contributed by atoms with Crippen LogP contribution in [0.2, 0.25) is 0 Å². The Labute approximate surface area is 173 Å². The number of hydrogen-bond acceptors (Lipinski definition) is 5. The number of benzene rings is 2. The van der Waals surface area contributed by atoms with Crippen molar-refractivity contribution in [2.75, 3.05) is 37.2 Å². The number of β-amino-alcohol motifs (C(OH)–C–C–N with tert-alkyl or cyclic N) is 1. The van der Waals surface area contributed by atoms with Crippen LogP contribution in [0.3, 0.4) is 0 Å². The van der Waals surface area contributed by atoms with Gasteiger partial charge in [-0.2, -0.15) is 0 Å². The molecule has 0 radical (unpaired) electrons. The lowest BCUT2D eigenvalue weighted by Crippen LogP contribution is -2.54. The zero-order chi connectivity index (χ0) is 21.0. The number of carbonyl (C=O) groups is 1. The van der Waals surface area contributed by atoms with Gasteiger partial charge in [0.1, 0.15) is 0 Å². The van der Waals surface area contributed by atoms with E-state index in [2.05, 4.69) is 22.0 Å². The Balaban J connectivity index is 1.55. The van der Waals surface area contributed by atoms with Crippen LogP contribution in [0.1, 0.15) is 36.7 Å². The van der Waals surface area contributed by atoms with Crippen molar-refractivity contribution in [3.63, 3.8) is 0 Å². The van der Waals surface area contributed by atoms with E-state index in [1.54, 1.807) is 12.1 Å². The molecule has 0 spiro atoms. The largest absolute Gasteiger partial charge is 0.397 e. The average Bonchev–Trinajstić information content (AvgIpc) is 2.65. The number of rotatable bonds is 6. The smallest absolute Gasteiger partial charge is 0.255 e. The summed E-state index contributed by atoms with van der Waals surface area (Å²) < 4.78 is 0. The van der Waals surface area contributed by atoms with Crippen molar-refractivity contribution in [2.45, 2.75) is 39.0 Å². The van der Waals surface area contributed by atoms with Crippen LogP contribution in [0.4, 0.5) is 11.4 Å². The second-order valence-corrected chi connectivity index (χ2v) is 8.61. The lowest BCUT2D eigenvalue weighted by atomic mass is 10.1. The molecule has 1 amide bonds. The van der Waals surface area contributed by atoms with Gasteiger partial charge >= 0.3 is 0 Å². The summed E-state index contributed by atoms with van der Waals surface area (Å²) in [5.41, 5.74) is 8.20. The average molecular weight is 397 g/mol. The number of nitrogens with two attached hydrogens (primary N) is 1. The Morgan fingerprint density at radius 2 is 1.86 bits per heavy atom. The first-order valence-corrected chi connectivity index (χ1v) is 10.1. The highest BCUT2D eigenvalue weighted by atomic mass is 16.3. The molecule has 0 aliphatic carbocycles. The molecule has 29 heavy (non-hydrogen) atoms. The number of amides is 1. The highest BCUT2D eigenvalue weighted by Crippen LogP contribution is 2.19. The first-order valence-electron chi connectivity index (χ1n) is 10.1. The van der Waals surface area contributed by atoms with E-state index < -0.39 is 5.60 Å². The van der Waals surface area contributed by atoms with Gasteiger partial charge < -0.3 is 16.2 Å². The number of nitrogens with zero attached hydrogens (tertiary/aromatic N) is 2. The van der Waals surface area contributed by atoms with Gasteiger partial charge in [0.15, 0.2) is 0 Å². The van der Waals surface area contributed by atoms with Crippen molar-refractivity contribution in [2.24, 2.45) is 0 Å². The summed E-state index contributed by atoms with van der Waals surface area (Å²) in [4.78, 5) is 17.2. The minimum atomic E-state index is -0.664. The van der Waals surface area contributed by atoms with Gasteiger partial charge in [-0.15, -0.1) is 0 Å². The van der Waals surface area contributed by atoms with Crippen LogP contribution in [0.25, 0.3) is 0 Å². The summed E-state index contributed by atoms with van der Waals surface area (Å²) in [5.74, 6) is -0.164. The number of nitrogen functional groups attached to an aromatic ring is 1. The second kappa shape index (κ2) is 8.95. The highest BCUT2D eigenvalue weighted by Gasteiger charge is 2.27. The summed E-state index contributed by atoms with van der Waals surface area (Å²) >= 11 is 0. The molecule has 1 aliphatic heterocycles. The molecule has 0 bridgehead atoms. The van der Waals surface area contributed by atoms with Gasteiger partial charge in [-0.1, -0.05) is 24.3 Å². The van der Waals surface area contributed by atoms with Crippen LogP contribution >= 0.6 is 0 Å². The fourth-order valence-electron chi connectivity index (χ4n) is 3.80. The first-order chi connectivity index (χ1) is 13.7. The maximum atomic E-state index is 12.5. The number of piperazine rings is 1. The molecule has 0 unspecified atom stereocenters. The van der Waals surface area contributed by atoms with Crippen molar-refractivity contribution < 1.29 is 9.90 Å². The maximum absolute atomic E-state index is 12.5. The minimum Gasteiger partial charge on any atom is -0.397 e. The highest BCUT2D eigenvalue weighted by molar-refractivity contribution is 6.05. The minimum absolute atomic E-state index is 0.164. The van der Waals surface area contributed by atoms with Gasteiger partial charge in [-0.25, -0.2) is 0 Å². The van der Waals surface area contributed by atoms with Gasteiger partial charge in [0, 0.05) is 44.3 Å². The van der Waals surface area contributed by atoms with Crippen molar-refractivity contribution in [1.29, 1.82) is 0 Å². The molecule has 156 valence electrons. The van der Waals surface area contributed by atoms with Crippen molar-refractivity contribution >= 4 is 17.3 Å². The van der Waals surface area contributed by atoms with E-state index in [9.17, 15) is 9.90 Å². The third kappa shape index (κ3) is 6.03. The van der Waals surface area contributed by atoms with Crippen LogP contribution in [0.15, 0.2) is 48.5 Å². The lowest BCUT2D eigenvalue weighted by molar-refractivity contribution is 0.00197. The third-order valence-electron chi connectivity index (χ3n) is 5.27. The van der Waals surface area contributed by atoms with Gasteiger partial charge in [0.2, 0.25) is 0 Å². The predicted octanol–water partition coefficient (Wildman–Crippen LogP) is 2.80. The van der Waals surface area contributed by atoms with Crippen LogP contribution in [-0.2, 0) is 6.54 Å². The molecular formula is C23H32N4O2. The molecule has 0 aromatic heterocycles. The van der Waals surface area contributed by atoms with E-state index in [-0.39, 0.29) is 5.91 Å². The molecule has 6 heteroatoms. The number of nitrogens with one attached hydrogen (secondary N) is 1. The zero-order valence-corrected chi connectivity index (χ0v) is 17.6. The van der Waals surface area contributed by atoms with Crippen LogP contribution < -0.4 is 11.1 Å². The standard InChI is InChI=1S/C23H32N4O2/c1-17-14-26(16-23(2,3)29)12-13-27(17)15-18-8-10-19(11-9-18)22(28)25-21-7-5-4-6-20(21)24/h4-11,17,29H,12-16,24H2,1-3H3,(H,25,28)/t17-/m0/s1. The maximum Gasteiger partial charge on any atom is 0.255 e. The monoisotopic (exact) mass is 396 g/mol. The summed E-state index contributed by atoms with van der Waals surface area (Å²) in [5, 5.41) is 12.9. The van der Waals surface area contributed by atoms with E-state index in [0.717, 1.165) is 26.2 Å². The number of aliphatic hydroxyl groups is 1. The fraction of sp³-hybridized carbons (Fsp3) is 0.435. The first kappa shape index (κ1) is 21.3. The van der Waals surface area contributed by atoms with E-state index in [4.69, 9.17) is 5.73 Å². The summed E-state index contributed by atoms with van der Waals surface area (Å²) in [6, 6.07) is 15.4. The second-order valence-electron chi connectivity index (χ2n) is 8.61. The topological polar surface area (TPSA) is 81.8 Å². The third-order valence-corrected chi connectivity index (χ3v) is 5.27. The van der Waals surface area contributed by atoms with Crippen molar-refractivity contribution in [3.05, 3.63) is 59.7 Å². The van der Waals surface area contributed by atoms with Gasteiger partial charge in [-0.3, -0.25) is 14.6 Å². The number of hydrogen-bond donors (Lipinski definition) is 3. The molecule has 0 saturated carbocycles. The Kier molecular flexibility index (Phi) is 6.57. The fourth-order valence-corrected chi connectivity index (χ4v) is 3.80. The molecule has 1 saturated heterocycles. The molecule has 1 fully saturated rings. The van der Waals surface area contributed by atoms with Crippen molar-refractivity contribution in [3.8, 4) is 0 Å². The van der Waals surface area contributed by atoms with Crippen molar-refractivity contribution in [1.82, 2.24) is 9.80 Å². The summed E-state index contributed by atoms with van der Waals surface area (Å²) in [7, 11) is 0. The van der Waals surface area contributed by atoms with E-state index in [0.29, 0.717) is 29.5 Å². The predicted molar refractivity (Wildman–Crippen MR) is 118 cm³/mol. The lowest BCUT2D eigenvalue weighted by Gasteiger charge is -2.41. The SMILES string of the molecule is C[C@H]1CN(CC(C)(C)O)CCN1Cc1ccc(C(=O)Nc2ccccc2N)cc1. The molecule has 2 aromatic rings. The normalized spacial score (nSPS) is 18.6. The van der Waals surface area contributed by atoms with E-state index in [1.165, 1.54) is 5.56 Å². The molecule has 2 aromatic carbocycles. The van der Waals surface area contributed by atoms with Gasteiger partial charge in [0.05, 0.1) is 17.0 Å². The van der Waals surface area contributed by atoms with Gasteiger partial charge in [-0.05, 0) is 50.6 Å². The Morgan fingerprint density at radius 1 is 1.17 bits per heavy atom. The number of anilines is 2. The molecule has 1 aliphatic rings. The van der Waals surface area contributed by atoms with Gasteiger partial charge in [0.25, 0.3) is 5.91 Å². The van der Waals surface area contributed by atoms with Crippen LogP contribution in [-0.4, -0.2) is 58.6 Å². The van der Waals surface area contributed by atoms with E-state index in [1.807, 2.05) is 50.2 Å².